The third kappa shape index (κ3) is 3.58. The first-order chi connectivity index (χ1) is 13.5. The van der Waals surface area contributed by atoms with Crippen molar-refractivity contribution in [3.05, 3.63) is 64.3 Å². The van der Waals surface area contributed by atoms with Crippen LogP contribution in [0, 0.1) is 0 Å². The molecular weight excluding hydrogens is 400 g/mol. The molecule has 1 aromatic carbocycles. The fourth-order valence-electron chi connectivity index (χ4n) is 2.79. The quantitative estimate of drug-likeness (QED) is 0.501. The fourth-order valence-corrected chi connectivity index (χ4v) is 4.03. The molecule has 4 rings (SSSR count). The SMILES string of the molecule is C[C@@H](OC(=O)c1cc2c(s1)-c1ccccc1OC2)C(=O)Nc1cccnc1Cl. The van der Waals surface area contributed by atoms with Crippen LogP contribution < -0.4 is 10.1 Å². The van der Waals surface area contributed by atoms with Crippen molar-refractivity contribution in [1.82, 2.24) is 4.98 Å². The number of halogens is 1. The van der Waals surface area contributed by atoms with Crippen LogP contribution in [0.5, 0.6) is 5.75 Å². The molecule has 6 nitrogen and oxygen atoms in total. The Morgan fingerprint density at radius 3 is 2.93 bits per heavy atom. The second-order valence-corrected chi connectivity index (χ2v) is 7.54. The van der Waals surface area contributed by atoms with Gasteiger partial charge in [0, 0.05) is 22.2 Å². The van der Waals surface area contributed by atoms with Crippen molar-refractivity contribution in [1.29, 1.82) is 0 Å². The van der Waals surface area contributed by atoms with E-state index in [-0.39, 0.29) is 5.15 Å². The van der Waals surface area contributed by atoms with Crippen molar-refractivity contribution in [2.75, 3.05) is 5.32 Å². The highest BCUT2D eigenvalue weighted by molar-refractivity contribution is 7.17. The Labute approximate surface area is 170 Å². The Balaban J connectivity index is 1.47. The van der Waals surface area contributed by atoms with Gasteiger partial charge in [-0.15, -0.1) is 11.3 Å². The van der Waals surface area contributed by atoms with Crippen molar-refractivity contribution < 1.29 is 19.1 Å². The third-order valence-electron chi connectivity index (χ3n) is 4.20. The zero-order valence-corrected chi connectivity index (χ0v) is 16.3. The number of fused-ring (bicyclic) bond motifs is 3. The van der Waals surface area contributed by atoms with Crippen LogP contribution in [0.1, 0.15) is 22.2 Å². The van der Waals surface area contributed by atoms with Gasteiger partial charge in [-0.25, -0.2) is 9.78 Å². The number of pyridine rings is 1. The third-order valence-corrected chi connectivity index (χ3v) is 5.69. The molecule has 0 saturated heterocycles. The van der Waals surface area contributed by atoms with Gasteiger partial charge in [-0.1, -0.05) is 23.7 Å². The second-order valence-electron chi connectivity index (χ2n) is 6.13. The number of ether oxygens (including phenoxy) is 2. The minimum Gasteiger partial charge on any atom is -0.488 e. The molecule has 0 saturated carbocycles. The molecular formula is C20H15ClN2O4S. The standard InChI is InChI=1S/C20H15ClN2O4S/c1-11(19(24)23-14-6-4-8-22-18(14)21)27-20(25)16-9-12-10-26-15-7-3-2-5-13(15)17(12)28-16/h2-9,11H,10H2,1H3,(H,23,24)/t11-/m1/s1. The lowest BCUT2D eigenvalue weighted by Gasteiger charge is -2.16. The van der Waals surface area contributed by atoms with E-state index in [4.69, 9.17) is 21.1 Å². The number of esters is 1. The van der Waals surface area contributed by atoms with E-state index in [1.54, 1.807) is 18.2 Å². The minimum absolute atomic E-state index is 0.166. The number of nitrogens with one attached hydrogen (secondary N) is 1. The Kier molecular flexibility index (Phi) is 5.02. The summed E-state index contributed by atoms with van der Waals surface area (Å²) in [6, 6.07) is 12.7. The second kappa shape index (κ2) is 7.61. The number of hydrogen-bond donors (Lipinski definition) is 1. The number of thiophene rings is 1. The van der Waals surface area contributed by atoms with E-state index < -0.39 is 18.0 Å². The first-order valence-electron chi connectivity index (χ1n) is 8.50. The van der Waals surface area contributed by atoms with Gasteiger partial charge in [0.15, 0.2) is 11.3 Å². The summed E-state index contributed by atoms with van der Waals surface area (Å²) in [6.07, 6.45) is 0.522. The molecule has 0 radical (unpaired) electrons. The van der Waals surface area contributed by atoms with E-state index in [2.05, 4.69) is 10.3 Å². The van der Waals surface area contributed by atoms with Crippen LogP contribution in [0.2, 0.25) is 5.15 Å². The number of anilines is 1. The van der Waals surface area contributed by atoms with Crippen LogP contribution in [0.15, 0.2) is 48.7 Å². The van der Waals surface area contributed by atoms with Crippen molar-refractivity contribution in [3.63, 3.8) is 0 Å². The summed E-state index contributed by atoms with van der Waals surface area (Å²) < 4.78 is 11.0. The molecule has 0 aliphatic carbocycles. The number of carbonyl (C=O) groups is 2. The van der Waals surface area contributed by atoms with E-state index >= 15 is 0 Å². The van der Waals surface area contributed by atoms with Gasteiger partial charge >= 0.3 is 5.97 Å². The average Bonchev–Trinajstić information content (AvgIpc) is 3.14. The molecule has 0 unspecified atom stereocenters. The molecule has 1 amide bonds. The Hall–Kier alpha value is -2.90. The molecule has 142 valence electrons. The summed E-state index contributed by atoms with van der Waals surface area (Å²) in [5.74, 6) is -0.257. The highest BCUT2D eigenvalue weighted by Gasteiger charge is 2.25. The highest BCUT2D eigenvalue weighted by Crippen LogP contribution is 2.42. The van der Waals surface area contributed by atoms with E-state index in [1.807, 2.05) is 24.3 Å². The lowest BCUT2D eigenvalue weighted by Crippen LogP contribution is -2.29. The van der Waals surface area contributed by atoms with Gasteiger partial charge in [0.2, 0.25) is 0 Å². The predicted octanol–water partition coefficient (Wildman–Crippen LogP) is 4.54. The molecule has 1 aliphatic heterocycles. The van der Waals surface area contributed by atoms with Gasteiger partial charge in [0.05, 0.1) is 5.69 Å². The molecule has 8 heteroatoms. The molecule has 0 fully saturated rings. The van der Waals surface area contributed by atoms with E-state index in [0.29, 0.717) is 17.2 Å². The Morgan fingerprint density at radius 2 is 2.11 bits per heavy atom. The van der Waals surface area contributed by atoms with Crippen molar-refractivity contribution in [3.8, 4) is 16.2 Å². The van der Waals surface area contributed by atoms with Crippen LogP contribution in [0.25, 0.3) is 10.4 Å². The first-order valence-corrected chi connectivity index (χ1v) is 9.69. The van der Waals surface area contributed by atoms with E-state index in [0.717, 1.165) is 21.8 Å². The monoisotopic (exact) mass is 414 g/mol. The smallest absolute Gasteiger partial charge is 0.349 e. The Bertz CT molecular complexity index is 1070. The molecule has 1 N–H and O–H groups in total. The summed E-state index contributed by atoms with van der Waals surface area (Å²) in [5, 5.41) is 2.77. The number of hydrogen-bond acceptors (Lipinski definition) is 6. The van der Waals surface area contributed by atoms with Crippen LogP contribution in [-0.2, 0) is 16.1 Å². The van der Waals surface area contributed by atoms with Crippen molar-refractivity contribution in [2.24, 2.45) is 0 Å². The van der Waals surface area contributed by atoms with Crippen LogP contribution in [-0.4, -0.2) is 23.0 Å². The van der Waals surface area contributed by atoms with Gasteiger partial charge in [-0.2, -0.15) is 0 Å². The predicted molar refractivity (Wildman–Crippen MR) is 107 cm³/mol. The molecule has 3 aromatic rings. The summed E-state index contributed by atoms with van der Waals surface area (Å²) in [6.45, 7) is 1.90. The Morgan fingerprint density at radius 1 is 1.29 bits per heavy atom. The van der Waals surface area contributed by atoms with Crippen LogP contribution >= 0.6 is 22.9 Å². The topological polar surface area (TPSA) is 77.5 Å². The zero-order valence-electron chi connectivity index (χ0n) is 14.8. The number of aromatic nitrogens is 1. The number of amides is 1. The van der Waals surface area contributed by atoms with Gasteiger partial charge in [-0.3, -0.25) is 4.79 Å². The van der Waals surface area contributed by atoms with Crippen molar-refractivity contribution >= 4 is 40.5 Å². The molecule has 2 aromatic heterocycles. The van der Waals surface area contributed by atoms with E-state index in [1.165, 1.54) is 24.5 Å². The van der Waals surface area contributed by atoms with Crippen molar-refractivity contribution in [2.45, 2.75) is 19.6 Å². The number of nitrogens with zero attached hydrogens (tertiary/aromatic N) is 1. The summed E-state index contributed by atoms with van der Waals surface area (Å²) in [5.41, 5.74) is 2.23. The van der Waals surface area contributed by atoms with Gasteiger partial charge in [-0.05, 0) is 37.3 Å². The maximum Gasteiger partial charge on any atom is 0.349 e. The molecule has 1 aliphatic rings. The average molecular weight is 415 g/mol. The molecule has 1 atom stereocenters. The molecule has 28 heavy (non-hydrogen) atoms. The lowest BCUT2D eigenvalue weighted by atomic mass is 10.1. The van der Waals surface area contributed by atoms with Gasteiger partial charge < -0.3 is 14.8 Å². The first kappa shape index (κ1) is 18.5. The lowest BCUT2D eigenvalue weighted by molar-refractivity contribution is -0.123. The number of rotatable bonds is 4. The maximum atomic E-state index is 12.5. The van der Waals surface area contributed by atoms with Crippen LogP contribution in [0.3, 0.4) is 0 Å². The minimum atomic E-state index is -0.994. The number of carbonyl (C=O) groups excluding carboxylic acids is 2. The van der Waals surface area contributed by atoms with Gasteiger partial charge in [0.1, 0.15) is 17.2 Å². The highest BCUT2D eigenvalue weighted by atomic mass is 35.5. The molecule has 3 heterocycles. The fraction of sp³-hybridized carbons (Fsp3) is 0.150. The zero-order chi connectivity index (χ0) is 19.7. The van der Waals surface area contributed by atoms with Gasteiger partial charge in [0.25, 0.3) is 5.91 Å². The maximum absolute atomic E-state index is 12.5. The van der Waals surface area contributed by atoms with Crippen LogP contribution in [0.4, 0.5) is 5.69 Å². The molecule has 0 spiro atoms. The summed E-state index contributed by atoms with van der Waals surface area (Å²) in [4.78, 5) is 30.1. The summed E-state index contributed by atoms with van der Waals surface area (Å²) in [7, 11) is 0. The number of para-hydroxylation sites is 1. The summed E-state index contributed by atoms with van der Waals surface area (Å²) >= 11 is 7.26. The number of benzene rings is 1. The molecule has 0 bridgehead atoms. The largest absolute Gasteiger partial charge is 0.488 e. The van der Waals surface area contributed by atoms with E-state index in [9.17, 15) is 9.59 Å². The normalized spacial score (nSPS) is 12.9.